The van der Waals surface area contributed by atoms with E-state index in [0.29, 0.717) is 0 Å². The van der Waals surface area contributed by atoms with Crippen LogP contribution >= 0.6 is 27.3 Å². The minimum absolute atomic E-state index is 0.201. The molecular weight excluding hydrogens is 294 g/mol. The van der Waals surface area contributed by atoms with Gasteiger partial charge in [0.2, 0.25) is 0 Å². The van der Waals surface area contributed by atoms with Crippen molar-refractivity contribution in [1.29, 1.82) is 0 Å². The van der Waals surface area contributed by atoms with Crippen LogP contribution in [0.5, 0.6) is 0 Å². The predicted molar refractivity (Wildman–Crippen MR) is 78.7 cm³/mol. The molecule has 1 nitrogen and oxygen atoms in total. The summed E-state index contributed by atoms with van der Waals surface area (Å²) < 4.78 is 0.914. The highest BCUT2D eigenvalue weighted by molar-refractivity contribution is 9.10. The second kappa shape index (κ2) is 4.54. The Morgan fingerprint density at radius 2 is 1.94 bits per heavy atom. The Labute approximate surface area is 115 Å². The smallest absolute Gasteiger partial charge is 0.124 e. The third-order valence-electron chi connectivity index (χ3n) is 2.80. The van der Waals surface area contributed by atoms with E-state index in [4.69, 9.17) is 0 Å². The maximum atomic E-state index is 4.47. The van der Waals surface area contributed by atoms with E-state index >= 15 is 0 Å². The average molecular weight is 310 g/mol. The zero-order valence-electron chi connectivity index (χ0n) is 10.5. The molecule has 0 N–H and O–H groups in total. The number of halogens is 1. The van der Waals surface area contributed by atoms with Gasteiger partial charge in [0.15, 0.2) is 0 Å². The first-order valence-electron chi connectivity index (χ1n) is 5.60. The predicted octanol–water partition coefficient (Wildman–Crippen LogP) is 5.18. The molecule has 2 rings (SSSR count). The quantitative estimate of drug-likeness (QED) is 0.707. The van der Waals surface area contributed by atoms with Gasteiger partial charge >= 0.3 is 0 Å². The number of hydrogen-bond acceptors (Lipinski definition) is 2. The zero-order chi connectivity index (χ0) is 12.6. The summed E-state index contributed by atoms with van der Waals surface area (Å²) in [4.78, 5) is 4.47. The van der Waals surface area contributed by atoms with Crippen molar-refractivity contribution in [2.75, 3.05) is 0 Å². The summed E-state index contributed by atoms with van der Waals surface area (Å²) >= 11 is 5.07. The second-order valence-electron chi connectivity index (χ2n) is 5.26. The zero-order valence-corrected chi connectivity index (χ0v) is 12.9. The van der Waals surface area contributed by atoms with Crippen molar-refractivity contribution in [3.63, 3.8) is 0 Å². The summed E-state index contributed by atoms with van der Waals surface area (Å²) in [5, 5.41) is 3.10. The topological polar surface area (TPSA) is 12.9 Å². The lowest BCUT2D eigenvalue weighted by Gasteiger charge is -2.20. The van der Waals surface area contributed by atoms with Gasteiger partial charge in [-0.3, -0.25) is 0 Å². The van der Waals surface area contributed by atoms with Crippen LogP contribution in [0.25, 0.3) is 10.6 Å². The summed E-state index contributed by atoms with van der Waals surface area (Å²) in [6.45, 7) is 8.87. The van der Waals surface area contributed by atoms with Gasteiger partial charge in [-0.05, 0) is 39.4 Å². The Morgan fingerprint density at radius 3 is 2.41 bits per heavy atom. The fourth-order valence-electron chi connectivity index (χ4n) is 1.75. The van der Waals surface area contributed by atoms with Gasteiger partial charge in [-0.15, -0.1) is 11.3 Å². The fraction of sp³-hybridized carbons (Fsp3) is 0.357. The second-order valence-corrected chi connectivity index (χ2v) is 6.93. The van der Waals surface area contributed by atoms with Crippen LogP contribution in [0.4, 0.5) is 0 Å². The highest BCUT2D eigenvalue weighted by Gasteiger charge is 2.15. The van der Waals surface area contributed by atoms with Crippen molar-refractivity contribution in [2.24, 2.45) is 0 Å². The maximum Gasteiger partial charge on any atom is 0.124 e. The maximum absolute atomic E-state index is 4.47. The van der Waals surface area contributed by atoms with Crippen LogP contribution in [0.1, 0.15) is 31.9 Å². The first-order chi connectivity index (χ1) is 7.88. The molecule has 0 spiro atoms. The molecular formula is C14H16BrNS. The van der Waals surface area contributed by atoms with Crippen LogP contribution < -0.4 is 0 Å². The molecule has 1 aromatic heterocycles. The molecule has 0 bridgehead atoms. The standard InChI is InChI=1S/C14H16BrNS/c1-9-7-10(14(2,3)4)5-6-11(9)13-16-12(15)8-17-13/h5-8H,1-4H3. The van der Waals surface area contributed by atoms with Crippen molar-refractivity contribution in [2.45, 2.75) is 33.1 Å². The summed E-state index contributed by atoms with van der Waals surface area (Å²) in [5.74, 6) is 0. The van der Waals surface area contributed by atoms with E-state index in [-0.39, 0.29) is 5.41 Å². The van der Waals surface area contributed by atoms with E-state index in [1.807, 2.05) is 5.38 Å². The minimum atomic E-state index is 0.201. The number of benzene rings is 1. The van der Waals surface area contributed by atoms with Crippen molar-refractivity contribution < 1.29 is 0 Å². The van der Waals surface area contributed by atoms with Gasteiger partial charge in [0.25, 0.3) is 0 Å². The Balaban J connectivity index is 2.45. The number of thiazole rings is 1. The largest absolute Gasteiger partial charge is 0.229 e. The van der Waals surface area contributed by atoms with Crippen LogP contribution in [-0.2, 0) is 5.41 Å². The highest BCUT2D eigenvalue weighted by atomic mass is 79.9. The van der Waals surface area contributed by atoms with Crippen molar-refractivity contribution >= 4 is 27.3 Å². The molecule has 3 heteroatoms. The molecule has 0 aliphatic carbocycles. The molecule has 0 aliphatic rings. The SMILES string of the molecule is Cc1cc(C(C)(C)C)ccc1-c1nc(Br)cs1. The van der Waals surface area contributed by atoms with Gasteiger partial charge in [-0.25, -0.2) is 4.98 Å². The minimum Gasteiger partial charge on any atom is -0.229 e. The molecule has 0 fully saturated rings. The average Bonchev–Trinajstić information content (AvgIpc) is 2.63. The Kier molecular flexibility index (Phi) is 3.41. The van der Waals surface area contributed by atoms with Crippen LogP contribution in [0.15, 0.2) is 28.2 Å². The van der Waals surface area contributed by atoms with E-state index in [1.165, 1.54) is 16.7 Å². The van der Waals surface area contributed by atoms with Gasteiger partial charge in [-0.2, -0.15) is 0 Å². The van der Waals surface area contributed by atoms with E-state index in [9.17, 15) is 0 Å². The summed E-state index contributed by atoms with van der Waals surface area (Å²) in [6.07, 6.45) is 0. The number of aryl methyl sites for hydroxylation is 1. The third-order valence-corrected chi connectivity index (χ3v) is 4.38. The molecule has 0 radical (unpaired) electrons. The number of nitrogens with zero attached hydrogens (tertiary/aromatic N) is 1. The first-order valence-corrected chi connectivity index (χ1v) is 7.28. The highest BCUT2D eigenvalue weighted by Crippen LogP contribution is 2.31. The lowest BCUT2D eigenvalue weighted by molar-refractivity contribution is 0.590. The molecule has 0 amide bonds. The van der Waals surface area contributed by atoms with Crippen molar-refractivity contribution in [3.05, 3.63) is 39.3 Å². The lowest BCUT2D eigenvalue weighted by atomic mass is 9.85. The van der Waals surface area contributed by atoms with Gasteiger partial charge in [0.1, 0.15) is 9.61 Å². The number of hydrogen-bond donors (Lipinski definition) is 0. The van der Waals surface area contributed by atoms with E-state index in [2.05, 4.69) is 66.8 Å². The molecule has 0 atom stereocenters. The van der Waals surface area contributed by atoms with Gasteiger partial charge < -0.3 is 0 Å². The van der Waals surface area contributed by atoms with Crippen LogP contribution in [0.3, 0.4) is 0 Å². The van der Waals surface area contributed by atoms with Crippen molar-refractivity contribution in [1.82, 2.24) is 4.98 Å². The molecule has 2 aromatic rings. The molecule has 0 saturated heterocycles. The summed E-state index contributed by atoms with van der Waals surface area (Å²) in [7, 11) is 0. The monoisotopic (exact) mass is 309 g/mol. The Bertz CT molecular complexity index is 537. The molecule has 0 aliphatic heterocycles. The van der Waals surface area contributed by atoms with Crippen molar-refractivity contribution in [3.8, 4) is 10.6 Å². The molecule has 90 valence electrons. The normalized spacial score (nSPS) is 11.8. The van der Waals surface area contributed by atoms with E-state index in [0.717, 1.165) is 9.61 Å². The van der Waals surface area contributed by atoms with Gasteiger partial charge in [0.05, 0.1) is 0 Å². The fourth-order valence-corrected chi connectivity index (χ4v) is 3.09. The van der Waals surface area contributed by atoms with Crippen LogP contribution in [0.2, 0.25) is 0 Å². The summed E-state index contributed by atoms with van der Waals surface area (Å²) in [5.41, 5.74) is 4.09. The number of aromatic nitrogens is 1. The van der Waals surface area contributed by atoms with Gasteiger partial charge in [0, 0.05) is 10.9 Å². The molecule has 1 aromatic carbocycles. The third kappa shape index (κ3) is 2.78. The van der Waals surface area contributed by atoms with E-state index in [1.54, 1.807) is 11.3 Å². The molecule has 0 unspecified atom stereocenters. The van der Waals surface area contributed by atoms with Crippen LogP contribution in [0, 0.1) is 6.92 Å². The van der Waals surface area contributed by atoms with Gasteiger partial charge in [-0.1, -0.05) is 39.0 Å². The molecule has 1 heterocycles. The van der Waals surface area contributed by atoms with E-state index < -0.39 is 0 Å². The molecule has 0 saturated carbocycles. The lowest BCUT2D eigenvalue weighted by Crippen LogP contribution is -2.11. The Hall–Kier alpha value is -0.670. The Morgan fingerprint density at radius 1 is 1.24 bits per heavy atom. The number of rotatable bonds is 1. The molecule has 17 heavy (non-hydrogen) atoms. The van der Waals surface area contributed by atoms with Crippen LogP contribution in [-0.4, -0.2) is 4.98 Å². The summed E-state index contributed by atoms with van der Waals surface area (Å²) in [6, 6.07) is 6.66. The first kappa shape index (κ1) is 12.8.